The Morgan fingerprint density at radius 1 is 1.29 bits per heavy atom. The van der Waals surface area contributed by atoms with Crippen LogP contribution in [0, 0.1) is 0 Å². The molecule has 0 bridgehead atoms. The van der Waals surface area contributed by atoms with Crippen molar-refractivity contribution in [2.45, 2.75) is 32.2 Å². The summed E-state index contributed by atoms with van der Waals surface area (Å²) in [6.07, 6.45) is 1.59. The Kier molecular flexibility index (Phi) is 5.29. The van der Waals surface area contributed by atoms with Crippen LogP contribution in [0.15, 0.2) is 24.3 Å². The van der Waals surface area contributed by atoms with Crippen molar-refractivity contribution in [2.75, 3.05) is 5.88 Å². The molecule has 0 aliphatic carbocycles. The second kappa shape index (κ2) is 6.27. The van der Waals surface area contributed by atoms with E-state index in [1.807, 2.05) is 13.8 Å². The molecule has 0 fully saturated rings. The minimum Gasteiger partial charge on any atom is -0.345 e. The highest BCUT2D eigenvalue weighted by atomic mass is 35.5. The molecule has 0 atom stereocenters. The van der Waals surface area contributed by atoms with Crippen molar-refractivity contribution in [1.29, 1.82) is 0 Å². The molecule has 0 aliphatic heterocycles. The van der Waals surface area contributed by atoms with Gasteiger partial charge in [0.15, 0.2) is 0 Å². The quantitative estimate of drug-likeness (QED) is 0.811. The van der Waals surface area contributed by atoms with Crippen LogP contribution in [0.1, 0.15) is 37.0 Å². The molecule has 0 saturated heterocycles. The molecule has 1 amide bonds. The Hall–Kier alpha value is -0.730. The fourth-order valence-electron chi connectivity index (χ4n) is 1.60. The number of rotatable bonds is 5. The number of hydrogen-bond donors (Lipinski definition) is 1. The molecule has 0 aliphatic rings. The molecule has 94 valence electrons. The Labute approximate surface area is 112 Å². The Bertz CT molecular complexity index is 380. The summed E-state index contributed by atoms with van der Waals surface area (Å²) in [7, 11) is 0. The molecular formula is C13H17Cl2NO. The lowest BCUT2D eigenvalue weighted by Gasteiger charge is -2.30. The van der Waals surface area contributed by atoms with Gasteiger partial charge in [-0.05, 0) is 25.0 Å². The fraction of sp³-hybridized carbons (Fsp3) is 0.462. The molecule has 2 nitrogen and oxygen atoms in total. The highest BCUT2D eigenvalue weighted by Gasteiger charge is 2.27. The Morgan fingerprint density at radius 3 is 2.35 bits per heavy atom. The average molecular weight is 274 g/mol. The van der Waals surface area contributed by atoms with Crippen molar-refractivity contribution in [3.63, 3.8) is 0 Å². The number of amides is 1. The number of carbonyl (C=O) groups is 1. The largest absolute Gasteiger partial charge is 0.345 e. The van der Waals surface area contributed by atoms with Crippen LogP contribution in [-0.2, 0) is 0 Å². The van der Waals surface area contributed by atoms with E-state index < -0.39 is 0 Å². The van der Waals surface area contributed by atoms with Crippen molar-refractivity contribution in [1.82, 2.24) is 5.32 Å². The van der Waals surface area contributed by atoms with Crippen LogP contribution in [-0.4, -0.2) is 17.3 Å². The van der Waals surface area contributed by atoms with Gasteiger partial charge in [-0.3, -0.25) is 4.79 Å². The van der Waals surface area contributed by atoms with E-state index in [0.29, 0.717) is 16.5 Å². The van der Waals surface area contributed by atoms with Crippen molar-refractivity contribution in [3.05, 3.63) is 34.9 Å². The SMILES string of the molecule is CCC(CC)(CCl)NC(=O)c1ccccc1Cl. The lowest BCUT2D eigenvalue weighted by Crippen LogP contribution is -2.49. The van der Waals surface area contributed by atoms with Gasteiger partial charge < -0.3 is 5.32 Å². The zero-order valence-electron chi connectivity index (χ0n) is 10.1. The van der Waals surface area contributed by atoms with E-state index in [-0.39, 0.29) is 11.4 Å². The molecule has 0 spiro atoms. The molecule has 0 radical (unpaired) electrons. The third-order valence-corrected chi connectivity index (χ3v) is 3.95. The van der Waals surface area contributed by atoms with Gasteiger partial charge in [0.2, 0.25) is 0 Å². The van der Waals surface area contributed by atoms with Gasteiger partial charge in [0, 0.05) is 5.88 Å². The predicted molar refractivity (Wildman–Crippen MR) is 73.0 cm³/mol. The van der Waals surface area contributed by atoms with Crippen LogP contribution >= 0.6 is 23.2 Å². The summed E-state index contributed by atoms with van der Waals surface area (Å²) in [5.74, 6) is 0.232. The van der Waals surface area contributed by atoms with Gasteiger partial charge in [-0.15, -0.1) is 11.6 Å². The highest BCUT2D eigenvalue weighted by molar-refractivity contribution is 6.33. The van der Waals surface area contributed by atoms with E-state index >= 15 is 0 Å². The van der Waals surface area contributed by atoms with Crippen molar-refractivity contribution in [2.24, 2.45) is 0 Å². The molecule has 1 rings (SSSR count). The first-order valence-electron chi connectivity index (χ1n) is 5.71. The van der Waals surface area contributed by atoms with E-state index in [2.05, 4.69) is 5.32 Å². The second-order valence-electron chi connectivity index (χ2n) is 4.06. The number of benzene rings is 1. The lowest BCUT2D eigenvalue weighted by atomic mass is 9.94. The van der Waals surface area contributed by atoms with Crippen molar-refractivity contribution in [3.8, 4) is 0 Å². The van der Waals surface area contributed by atoms with E-state index in [1.165, 1.54) is 0 Å². The number of carbonyl (C=O) groups excluding carboxylic acids is 1. The number of halogens is 2. The minimum atomic E-state index is -0.349. The predicted octanol–water partition coefficient (Wildman–Crippen LogP) is 3.87. The Balaban J connectivity index is 2.89. The van der Waals surface area contributed by atoms with Crippen LogP contribution in [0.4, 0.5) is 0 Å². The summed E-state index contributed by atoms with van der Waals surface area (Å²) in [5, 5.41) is 3.44. The smallest absolute Gasteiger partial charge is 0.253 e. The normalized spacial score (nSPS) is 11.3. The van der Waals surface area contributed by atoms with Crippen LogP contribution in [0.5, 0.6) is 0 Å². The zero-order valence-corrected chi connectivity index (χ0v) is 11.6. The van der Waals surface area contributed by atoms with Gasteiger partial charge in [0.05, 0.1) is 16.1 Å². The molecular weight excluding hydrogens is 257 g/mol. The first-order valence-corrected chi connectivity index (χ1v) is 6.63. The summed E-state index contributed by atoms with van der Waals surface area (Å²) < 4.78 is 0. The summed E-state index contributed by atoms with van der Waals surface area (Å²) in [6, 6.07) is 7.01. The Morgan fingerprint density at radius 2 is 1.88 bits per heavy atom. The maximum atomic E-state index is 12.1. The van der Waals surface area contributed by atoms with Gasteiger partial charge >= 0.3 is 0 Å². The monoisotopic (exact) mass is 273 g/mol. The van der Waals surface area contributed by atoms with Crippen molar-refractivity contribution < 1.29 is 4.79 Å². The van der Waals surface area contributed by atoms with E-state index in [0.717, 1.165) is 12.8 Å². The molecule has 4 heteroatoms. The molecule has 0 heterocycles. The average Bonchev–Trinajstić information content (AvgIpc) is 2.36. The van der Waals surface area contributed by atoms with Crippen molar-refractivity contribution >= 4 is 29.1 Å². The molecule has 1 N–H and O–H groups in total. The van der Waals surface area contributed by atoms with Crippen LogP contribution in [0.3, 0.4) is 0 Å². The highest BCUT2D eigenvalue weighted by Crippen LogP contribution is 2.20. The van der Waals surface area contributed by atoms with E-state index in [9.17, 15) is 4.79 Å². The number of hydrogen-bond acceptors (Lipinski definition) is 1. The van der Waals surface area contributed by atoms with Gasteiger partial charge in [-0.1, -0.05) is 37.6 Å². The first-order chi connectivity index (χ1) is 8.08. The molecule has 0 aromatic heterocycles. The summed E-state index contributed by atoms with van der Waals surface area (Å²) in [5.41, 5.74) is 0.142. The van der Waals surface area contributed by atoms with E-state index in [1.54, 1.807) is 24.3 Å². The second-order valence-corrected chi connectivity index (χ2v) is 4.73. The maximum absolute atomic E-state index is 12.1. The summed E-state index contributed by atoms with van der Waals surface area (Å²) in [6.45, 7) is 4.03. The van der Waals surface area contributed by atoms with Gasteiger partial charge in [0.1, 0.15) is 0 Å². The molecule has 0 unspecified atom stereocenters. The van der Waals surface area contributed by atoms with E-state index in [4.69, 9.17) is 23.2 Å². The molecule has 17 heavy (non-hydrogen) atoms. The molecule has 0 saturated carbocycles. The van der Waals surface area contributed by atoms with Gasteiger partial charge in [-0.2, -0.15) is 0 Å². The third-order valence-electron chi connectivity index (χ3n) is 3.11. The van der Waals surface area contributed by atoms with Crippen LogP contribution in [0.2, 0.25) is 5.02 Å². The maximum Gasteiger partial charge on any atom is 0.253 e. The topological polar surface area (TPSA) is 29.1 Å². The van der Waals surface area contributed by atoms with Gasteiger partial charge in [0.25, 0.3) is 5.91 Å². The number of nitrogens with one attached hydrogen (secondary N) is 1. The molecule has 1 aromatic rings. The lowest BCUT2D eigenvalue weighted by molar-refractivity contribution is 0.0902. The van der Waals surface area contributed by atoms with Crippen LogP contribution < -0.4 is 5.32 Å². The fourth-order valence-corrected chi connectivity index (χ4v) is 2.27. The molecule has 1 aromatic carbocycles. The first kappa shape index (κ1) is 14.3. The third kappa shape index (κ3) is 3.36. The zero-order chi connectivity index (χ0) is 12.9. The number of alkyl halides is 1. The minimum absolute atomic E-state index is 0.167. The van der Waals surface area contributed by atoms with Crippen LogP contribution in [0.25, 0.3) is 0 Å². The summed E-state index contributed by atoms with van der Waals surface area (Å²) >= 11 is 11.9. The standard InChI is InChI=1S/C13H17Cl2NO/c1-3-13(4-2,9-14)16-12(17)10-7-5-6-8-11(10)15/h5-8H,3-4,9H2,1-2H3,(H,16,17). The van der Waals surface area contributed by atoms with Gasteiger partial charge in [-0.25, -0.2) is 0 Å². The summed E-state index contributed by atoms with van der Waals surface area (Å²) in [4.78, 5) is 12.1.